The van der Waals surface area contributed by atoms with Crippen molar-refractivity contribution in [3.63, 3.8) is 0 Å². The minimum atomic E-state index is -0.104. The first-order valence-corrected chi connectivity index (χ1v) is 10.6. The molecule has 1 amide bonds. The Labute approximate surface area is 194 Å². The number of benzene rings is 2. The van der Waals surface area contributed by atoms with E-state index in [0.29, 0.717) is 66.1 Å². The van der Waals surface area contributed by atoms with Gasteiger partial charge in [0, 0.05) is 31.2 Å². The summed E-state index contributed by atoms with van der Waals surface area (Å²) in [5.74, 6) is 2.93. The third kappa shape index (κ3) is 5.03. The van der Waals surface area contributed by atoms with Crippen LogP contribution in [-0.4, -0.2) is 79.1 Å². The van der Waals surface area contributed by atoms with Crippen molar-refractivity contribution in [1.82, 2.24) is 10.2 Å². The quantitative estimate of drug-likeness (QED) is 0.611. The molecule has 9 heteroatoms. The minimum absolute atomic E-state index is 0.0758. The number of carbonyl (C=O) groups excluding carboxylic acids is 1. The standard InChI is InChI=1S/C24H32N2O7/c1-28-18-10-15(11-19(29-2)22(18)32-5)9-17-14-25-7-8-26(17)24(27)16-12-20(30-3)23(33-6)21(13-16)31-4/h10-13,17,25H,7-9,14H2,1-6H3. The lowest BCUT2D eigenvalue weighted by Gasteiger charge is -2.36. The number of carbonyl (C=O) groups is 1. The van der Waals surface area contributed by atoms with Crippen molar-refractivity contribution in [3.8, 4) is 34.5 Å². The summed E-state index contributed by atoms with van der Waals surface area (Å²) in [4.78, 5) is 15.4. The Morgan fingerprint density at radius 3 is 1.76 bits per heavy atom. The molecule has 3 rings (SSSR count). The smallest absolute Gasteiger partial charge is 0.254 e. The van der Waals surface area contributed by atoms with Gasteiger partial charge >= 0.3 is 0 Å². The normalized spacial score (nSPS) is 15.6. The summed E-state index contributed by atoms with van der Waals surface area (Å²) in [5.41, 5.74) is 1.45. The molecule has 1 N–H and O–H groups in total. The number of amides is 1. The first-order valence-electron chi connectivity index (χ1n) is 10.6. The highest BCUT2D eigenvalue weighted by atomic mass is 16.5. The van der Waals surface area contributed by atoms with Crippen LogP contribution in [0.1, 0.15) is 15.9 Å². The second-order valence-electron chi connectivity index (χ2n) is 7.51. The largest absolute Gasteiger partial charge is 0.493 e. The number of rotatable bonds is 9. The van der Waals surface area contributed by atoms with E-state index < -0.39 is 0 Å². The number of ether oxygens (including phenoxy) is 6. The maximum absolute atomic E-state index is 13.6. The SMILES string of the molecule is COc1cc(CC2CNCCN2C(=O)c2cc(OC)c(OC)c(OC)c2)cc(OC)c1OC. The van der Waals surface area contributed by atoms with E-state index in [9.17, 15) is 4.79 Å². The lowest BCUT2D eigenvalue weighted by molar-refractivity contribution is 0.0635. The molecule has 2 aromatic carbocycles. The first-order chi connectivity index (χ1) is 16.0. The molecule has 0 radical (unpaired) electrons. The van der Waals surface area contributed by atoms with Gasteiger partial charge in [0.15, 0.2) is 23.0 Å². The van der Waals surface area contributed by atoms with E-state index in [-0.39, 0.29) is 11.9 Å². The summed E-state index contributed by atoms with van der Waals surface area (Å²) >= 11 is 0. The molecular weight excluding hydrogens is 428 g/mol. The van der Waals surface area contributed by atoms with Gasteiger partial charge in [-0.1, -0.05) is 0 Å². The number of hydrogen-bond acceptors (Lipinski definition) is 8. The van der Waals surface area contributed by atoms with Crippen LogP contribution >= 0.6 is 0 Å². The summed E-state index contributed by atoms with van der Waals surface area (Å²) < 4.78 is 32.6. The molecule has 33 heavy (non-hydrogen) atoms. The fraction of sp³-hybridized carbons (Fsp3) is 0.458. The Balaban J connectivity index is 1.92. The number of hydrogen-bond donors (Lipinski definition) is 1. The van der Waals surface area contributed by atoms with Crippen LogP contribution in [0.25, 0.3) is 0 Å². The number of nitrogens with zero attached hydrogens (tertiary/aromatic N) is 1. The molecule has 1 atom stereocenters. The van der Waals surface area contributed by atoms with E-state index in [2.05, 4.69) is 5.32 Å². The molecule has 180 valence electrons. The average Bonchev–Trinajstić information content (AvgIpc) is 2.86. The van der Waals surface area contributed by atoms with Crippen LogP contribution in [0.15, 0.2) is 24.3 Å². The Hall–Kier alpha value is -3.33. The summed E-state index contributed by atoms with van der Waals surface area (Å²) in [5, 5.41) is 3.38. The van der Waals surface area contributed by atoms with E-state index in [0.717, 1.165) is 5.56 Å². The second kappa shape index (κ2) is 11.0. The van der Waals surface area contributed by atoms with Gasteiger partial charge in [0.2, 0.25) is 11.5 Å². The predicted octanol–water partition coefficient (Wildman–Crippen LogP) is 2.39. The molecule has 1 fully saturated rings. The monoisotopic (exact) mass is 460 g/mol. The molecule has 9 nitrogen and oxygen atoms in total. The molecule has 1 saturated heterocycles. The predicted molar refractivity (Wildman–Crippen MR) is 124 cm³/mol. The molecule has 1 aliphatic heterocycles. The van der Waals surface area contributed by atoms with Crippen LogP contribution in [0.5, 0.6) is 34.5 Å². The molecule has 0 saturated carbocycles. The van der Waals surface area contributed by atoms with Gasteiger partial charge in [0.05, 0.1) is 42.7 Å². The highest BCUT2D eigenvalue weighted by Crippen LogP contribution is 2.40. The zero-order chi connectivity index (χ0) is 24.0. The van der Waals surface area contributed by atoms with Crippen LogP contribution in [-0.2, 0) is 6.42 Å². The van der Waals surface area contributed by atoms with Gasteiger partial charge in [-0.3, -0.25) is 4.79 Å². The Kier molecular flexibility index (Phi) is 8.11. The average molecular weight is 461 g/mol. The van der Waals surface area contributed by atoms with Crippen molar-refractivity contribution in [2.45, 2.75) is 12.5 Å². The first kappa shape index (κ1) is 24.3. The van der Waals surface area contributed by atoms with Crippen molar-refractivity contribution in [1.29, 1.82) is 0 Å². The van der Waals surface area contributed by atoms with Gasteiger partial charge in [0.1, 0.15) is 0 Å². The highest BCUT2D eigenvalue weighted by Gasteiger charge is 2.30. The lowest BCUT2D eigenvalue weighted by Crippen LogP contribution is -2.54. The number of nitrogens with one attached hydrogen (secondary N) is 1. The topological polar surface area (TPSA) is 87.7 Å². The van der Waals surface area contributed by atoms with Crippen LogP contribution in [0.4, 0.5) is 0 Å². The van der Waals surface area contributed by atoms with Crippen molar-refractivity contribution >= 4 is 5.91 Å². The third-order valence-electron chi connectivity index (χ3n) is 5.72. The highest BCUT2D eigenvalue weighted by molar-refractivity contribution is 5.96. The maximum atomic E-state index is 13.6. The Bertz CT molecular complexity index is 929. The molecule has 2 aromatic rings. The van der Waals surface area contributed by atoms with Crippen molar-refractivity contribution in [3.05, 3.63) is 35.4 Å². The van der Waals surface area contributed by atoms with Crippen molar-refractivity contribution in [2.75, 3.05) is 62.3 Å². The van der Waals surface area contributed by atoms with Gasteiger partial charge in [-0.15, -0.1) is 0 Å². The van der Waals surface area contributed by atoms with Gasteiger partial charge in [-0.05, 0) is 36.2 Å². The molecule has 0 spiro atoms. The maximum Gasteiger partial charge on any atom is 0.254 e. The van der Waals surface area contributed by atoms with Crippen LogP contribution in [0.3, 0.4) is 0 Å². The minimum Gasteiger partial charge on any atom is -0.493 e. The van der Waals surface area contributed by atoms with E-state index in [1.165, 1.54) is 21.3 Å². The second-order valence-corrected chi connectivity index (χ2v) is 7.51. The zero-order valence-corrected chi connectivity index (χ0v) is 20.0. The van der Waals surface area contributed by atoms with Crippen LogP contribution < -0.4 is 33.7 Å². The summed E-state index contributed by atoms with van der Waals surface area (Å²) in [7, 11) is 9.34. The Morgan fingerprint density at radius 1 is 0.818 bits per heavy atom. The molecule has 0 aliphatic carbocycles. The summed E-state index contributed by atoms with van der Waals surface area (Å²) in [6, 6.07) is 7.12. The zero-order valence-electron chi connectivity index (χ0n) is 20.0. The molecule has 0 bridgehead atoms. The molecule has 1 unspecified atom stereocenters. The lowest BCUT2D eigenvalue weighted by atomic mass is 10.0. The molecular formula is C24H32N2O7. The summed E-state index contributed by atoms with van der Waals surface area (Å²) in [6.45, 7) is 1.94. The fourth-order valence-electron chi connectivity index (χ4n) is 4.11. The summed E-state index contributed by atoms with van der Waals surface area (Å²) in [6.07, 6.45) is 0.611. The van der Waals surface area contributed by atoms with E-state index >= 15 is 0 Å². The van der Waals surface area contributed by atoms with E-state index in [1.807, 2.05) is 17.0 Å². The molecule has 1 aliphatic rings. The van der Waals surface area contributed by atoms with E-state index in [1.54, 1.807) is 33.5 Å². The van der Waals surface area contributed by atoms with Gasteiger partial charge in [-0.25, -0.2) is 0 Å². The number of methoxy groups -OCH3 is 6. The van der Waals surface area contributed by atoms with E-state index in [4.69, 9.17) is 28.4 Å². The van der Waals surface area contributed by atoms with Crippen molar-refractivity contribution in [2.24, 2.45) is 0 Å². The third-order valence-corrected chi connectivity index (χ3v) is 5.72. The Morgan fingerprint density at radius 2 is 1.30 bits per heavy atom. The molecule has 1 heterocycles. The van der Waals surface area contributed by atoms with Crippen LogP contribution in [0.2, 0.25) is 0 Å². The van der Waals surface area contributed by atoms with Crippen molar-refractivity contribution < 1.29 is 33.2 Å². The number of piperazine rings is 1. The van der Waals surface area contributed by atoms with Gasteiger partial charge in [0.25, 0.3) is 5.91 Å². The van der Waals surface area contributed by atoms with Gasteiger partial charge in [-0.2, -0.15) is 0 Å². The fourth-order valence-corrected chi connectivity index (χ4v) is 4.11. The van der Waals surface area contributed by atoms with Gasteiger partial charge < -0.3 is 38.6 Å². The van der Waals surface area contributed by atoms with Crippen LogP contribution in [0, 0.1) is 0 Å². The molecule has 0 aromatic heterocycles.